The average Bonchev–Trinajstić information content (AvgIpc) is 2.43. The molecule has 4 nitrogen and oxygen atoms in total. The monoisotopic (exact) mass is 258 g/mol. The number of terminal acetylenes is 1. The van der Waals surface area contributed by atoms with E-state index in [1.165, 1.54) is 0 Å². The highest BCUT2D eigenvalue weighted by atomic mass is 16.4. The van der Waals surface area contributed by atoms with Crippen LogP contribution in [-0.2, 0) is 12.8 Å². The maximum atomic E-state index is 11.4. The third-order valence-corrected chi connectivity index (χ3v) is 3.47. The van der Waals surface area contributed by atoms with Gasteiger partial charge in [0.15, 0.2) is 0 Å². The van der Waals surface area contributed by atoms with Crippen LogP contribution in [0.5, 0.6) is 0 Å². The van der Waals surface area contributed by atoms with E-state index in [1.54, 1.807) is 6.07 Å². The van der Waals surface area contributed by atoms with Crippen molar-refractivity contribution in [3.8, 4) is 12.3 Å². The van der Waals surface area contributed by atoms with Crippen molar-refractivity contribution < 1.29 is 9.90 Å². The van der Waals surface area contributed by atoms with Crippen LogP contribution in [0.25, 0.3) is 0 Å². The molecule has 0 saturated heterocycles. The molecule has 19 heavy (non-hydrogen) atoms. The van der Waals surface area contributed by atoms with Crippen molar-refractivity contribution in [3.63, 3.8) is 0 Å². The molecule has 0 bridgehead atoms. The number of aryl methyl sites for hydroxylation is 2. The number of aromatic carboxylic acids is 1. The Labute approximate surface area is 113 Å². The van der Waals surface area contributed by atoms with Gasteiger partial charge in [0.05, 0.1) is 6.54 Å². The number of fused-ring (bicyclic) bond motifs is 1. The predicted molar refractivity (Wildman–Crippen MR) is 74.6 cm³/mol. The van der Waals surface area contributed by atoms with Crippen molar-refractivity contribution in [2.75, 3.05) is 18.0 Å². The number of hydrogen-bond acceptors (Lipinski definition) is 3. The number of anilines is 1. The quantitative estimate of drug-likeness (QED) is 0.840. The van der Waals surface area contributed by atoms with Crippen LogP contribution >= 0.6 is 0 Å². The third kappa shape index (κ3) is 2.70. The normalized spacial score (nSPS) is 13.5. The molecule has 0 aromatic carbocycles. The van der Waals surface area contributed by atoms with Crippen LogP contribution in [0.2, 0.25) is 0 Å². The summed E-state index contributed by atoms with van der Waals surface area (Å²) < 4.78 is 0. The molecule has 1 aromatic heterocycles. The first kappa shape index (κ1) is 13.4. The highest BCUT2D eigenvalue weighted by molar-refractivity contribution is 5.93. The van der Waals surface area contributed by atoms with E-state index in [1.807, 2.05) is 11.8 Å². The largest absolute Gasteiger partial charge is 0.478 e. The van der Waals surface area contributed by atoms with Crippen molar-refractivity contribution in [3.05, 3.63) is 22.9 Å². The van der Waals surface area contributed by atoms with E-state index in [4.69, 9.17) is 6.42 Å². The molecule has 1 aliphatic carbocycles. The molecule has 0 fully saturated rings. The summed E-state index contributed by atoms with van der Waals surface area (Å²) in [5, 5.41) is 9.36. The number of aromatic nitrogens is 1. The smallest absolute Gasteiger partial charge is 0.339 e. The molecule has 0 radical (unpaired) electrons. The molecule has 0 aliphatic heterocycles. The van der Waals surface area contributed by atoms with E-state index in [0.29, 0.717) is 18.9 Å². The zero-order chi connectivity index (χ0) is 13.8. The van der Waals surface area contributed by atoms with E-state index in [0.717, 1.165) is 36.9 Å². The first-order valence-corrected chi connectivity index (χ1v) is 6.61. The number of rotatable bonds is 4. The molecule has 4 heteroatoms. The Balaban J connectivity index is 2.51. The minimum atomic E-state index is -0.939. The maximum absolute atomic E-state index is 11.4. The fraction of sp³-hybridized carbons (Fsp3) is 0.467. The summed E-state index contributed by atoms with van der Waals surface area (Å²) in [4.78, 5) is 17.8. The summed E-state index contributed by atoms with van der Waals surface area (Å²) >= 11 is 0. The van der Waals surface area contributed by atoms with Crippen molar-refractivity contribution in [2.45, 2.75) is 32.6 Å². The highest BCUT2D eigenvalue weighted by Crippen LogP contribution is 2.26. The molecular formula is C15H18N2O2. The average molecular weight is 258 g/mol. The van der Waals surface area contributed by atoms with Crippen LogP contribution in [0.4, 0.5) is 5.82 Å². The van der Waals surface area contributed by atoms with Gasteiger partial charge in [-0.05, 0) is 44.2 Å². The molecule has 1 aliphatic rings. The lowest BCUT2D eigenvalue weighted by atomic mass is 9.94. The van der Waals surface area contributed by atoms with Crippen LogP contribution in [0.1, 0.15) is 41.4 Å². The Kier molecular flexibility index (Phi) is 4.06. The molecular weight excluding hydrogens is 240 g/mol. The maximum Gasteiger partial charge on any atom is 0.339 e. The molecule has 0 spiro atoms. The zero-order valence-corrected chi connectivity index (χ0v) is 11.1. The van der Waals surface area contributed by atoms with Gasteiger partial charge in [-0.1, -0.05) is 5.92 Å². The fourth-order valence-corrected chi connectivity index (χ4v) is 2.47. The van der Waals surface area contributed by atoms with Gasteiger partial charge in [-0.2, -0.15) is 0 Å². The van der Waals surface area contributed by atoms with Gasteiger partial charge in [-0.25, -0.2) is 9.78 Å². The third-order valence-electron chi connectivity index (χ3n) is 3.47. The molecule has 2 rings (SSSR count). The molecule has 0 saturated carbocycles. The minimum absolute atomic E-state index is 0.262. The second-order valence-corrected chi connectivity index (χ2v) is 4.70. The summed E-state index contributed by atoms with van der Waals surface area (Å²) in [5.74, 6) is 2.13. The van der Waals surface area contributed by atoms with E-state index in [9.17, 15) is 9.90 Å². The first-order chi connectivity index (χ1) is 9.17. The number of carboxylic acids is 1. The number of hydrogen-bond donors (Lipinski definition) is 1. The lowest BCUT2D eigenvalue weighted by Gasteiger charge is -2.24. The number of carbonyl (C=O) groups is 1. The summed E-state index contributed by atoms with van der Waals surface area (Å²) in [6, 6.07) is 1.78. The molecule has 0 unspecified atom stereocenters. The van der Waals surface area contributed by atoms with Gasteiger partial charge in [0.25, 0.3) is 0 Å². The van der Waals surface area contributed by atoms with Gasteiger partial charge >= 0.3 is 5.97 Å². The van der Waals surface area contributed by atoms with Crippen LogP contribution in [-0.4, -0.2) is 29.1 Å². The van der Waals surface area contributed by atoms with Gasteiger partial charge in [-0.3, -0.25) is 0 Å². The van der Waals surface area contributed by atoms with Gasteiger partial charge < -0.3 is 10.0 Å². The molecule has 1 heterocycles. The Morgan fingerprint density at radius 3 is 2.89 bits per heavy atom. The van der Waals surface area contributed by atoms with Crippen molar-refractivity contribution in [2.24, 2.45) is 0 Å². The summed E-state index contributed by atoms with van der Waals surface area (Å²) in [6.07, 6.45) is 9.41. The second-order valence-electron chi connectivity index (χ2n) is 4.70. The van der Waals surface area contributed by atoms with Gasteiger partial charge in [0.1, 0.15) is 11.4 Å². The lowest BCUT2D eigenvalue weighted by Crippen LogP contribution is -2.27. The highest BCUT2D eigenvalue weighted by Gasteiger charge is 2.21. The number of carboxylic acid groups (broad SMARTS) is 1. The molecule has 0 atom stereocenters. The van der Waals surface area contributed by atoms with Crippen molar-refractivity contribution in [1.29, 1.82) is 0 Å². The summed E-state index contributed by atoms with van der Waals surface area (Å²) in [7, 11) is 0. The van der Waals surface area contributed by atoms with Crippen molar-refractivity contribution in [1.82, 2.24) is 4.98 Å². The molecule has 1 N–H and O–H groups in total. The van der Waals surface area contributed by atoms with Crippen LogP contribution in [0, 0.1) is 12.3 Å². The molecule has 1 aromatic rings. The van der Waals surface area contributed by atoms with Crippen molar-refractivity contribution >= 4 is 11.8 Å². The van der Waals surface area contributed by atoms with Crippen LogP contribution in [0.15, 0.2) is 6.07 Å². The van der Waals surface area contributed by atoms with E-state index < -0.39 is 5.97 Å². The van der Waals surface area contributed by atoms with E-state index in [2.05, 4.69) is 10.9 Å². The van der Waals surface area contributed by atoms with Gasteiger partial charge in [0.2, 0.25) is 0 Å². The van der Waals surface area contributed by atoms with Gasteiger partial charge in [0, 0.05) is 12.2 Å². The number of nitrogens with zero attached hydrogens (tertiary/aromatic N) is 2. The Hall–Kier alpha value is -2.02. The predicted octanol–water partition coefficient (Wildman–Crippen LogP) is 2.12. The van der Waals surface area contributed by atoms with E-state index in [-0.39, 0.29) is 5.56 Å². The Morgan fingerprint density at radius 1 is 1.53 bits per heavy atom. The Bertz CT molecular complexity index is 532. The van der Waals surface area contributed by atoms with E-state index >= 15 is 0 Å². The standard InChI is InChI=1S/C15H18N2O2/c1-3-9-17(4-2)14-12(15(18)19)10-11-7-5-6-8-13(11)16-14/h1,10H,4-9H2,2H3,(H,18,19). The van der Waals surface area contributed by atoms with Crippen LogP contribution in [0.3, 0.4) is 0 Å². The topological polar surface area (TPSA) is 53.4 Å². The summed E-state index contributed by atoms with van der Waals surface area (Å²) in [5.41, 5.74) is 2.36. The number of pyridine rings is 1. The fourth-order valence-electron chi connectivity index (χ4n) is 2.47. The molecule has 100 valence electrons. The lowest BCUT2D eigenvalue weighted by molar-refractivity contribution is 0.0697. The molecule has 0 amide bonds. The first-order valence-electron chi connectivity index (χ1n) is 6.61. The minimum Gasteiger partial charge on any atom is -0.478 e. The zero-order valence-electron chi connectivity index (χ0n) is 11.1. The Morgan fingerprint density at radius 2 is 2.26 bits per heavy atom. The van der Waals surface area contributed by atoms with Crippen LogP contribution < -0.4 is 4.90 Å². The van der Waals surface area contributed by atoms with Gasteiger partial charge in [-0.15, -0.1) is 6.42 Å². The SMILES string of the molecule is C#CCN(CC)c1nc2c(cc1C(=O)O)CCCC2. The second kappa shape index (κ2) is 5.75. The summed E-state index contributed by atoms with van der Waals surface area (Å²) in [6.45, 7) is 2.98.